The molecule has 3 N–H and O–H groups in total. The molecule has 0 heterocycles. The first kappa shape index (κ1) is 18.1. The van der Waals surface area contributed by atoms with Gasteiger partial charge in [0, 0.05) is 16.8 Å². The van der Waals surface area contributed by atoms with Crippen molar-refractivity contribution < 1.29 is 14.3 Å². The fourth-order valence-electron chi connectivity index (χ4n) is 2.46. The average Bonchev–Trinajstić information content (AvgIpc) is 3.40. The smallest absolute Gasteiger partial charge is 0.323 e. The Bertz CT molecular complexity index is 804. The number of carbonyl (C=O) groups excluding carboxylic acids is 2. The van der Waals surface area contributed by atoms with Crippen LogP contribution in [0.5, 0.6) is 5.75 Å². The van der Waals surface area contributed by atoms with E-state index in [-0.39, 0.29) is 5.91 Å². The van der Waals surface area contributed by atoms with Crippen LogP contribution in [0.1, 0.15) is 18.4 Å². The molecule has 0 spiro atoms. The molecule has 0 aromatic heterocycles. The van der Waals surface area contributed by atoms with Gasteiger partial charge in [0.1, 0.15) is 5.75 Å². The zero-order valence-corrected chi connectivity index (χ0v) is 15.1. The molecule has 2 aromatic rings. The molecule has 1 aliphatic rings. The van der Waals surface area contributed by atoms with Gasteiger partial charge in [-0.2, -0.15) is 0 Å². The maximum atomic E-state index is 12.2. The highest BCUT2D eigenvalue weighted by atomic mass is 35.5. The van der Waals surface area contributed by atoms with Gasteiger partial charge in [0.05, 0.1) is 19.2 Å². The Labute approximate surface area is 156 Å². The second-order valence-electron chi connectivity index (χ2n) is 6.14. The molecule has 2 aromatic carbocycles. The Kier molecular flexibility index (Phi) is 5.63. The van der Waals surface area contributed by atoms with E-state index in [4.69, 9.17) is 16.3 Å². The van der Waals surface area contributed by atoms with Gasteiger partial charge in [0.25, 0.3) is 0 Å². The third kappa shape index (κ3) is 5.13. The van der Waals surface area contributed by atoms with Crippen molar-refractivity contribution in [3.8, 4) is 5.75 Å². The normalized spacial score (nSPS) is 13.0. The highest BCUT2D eigenvalue weighted by Crippen LogP contribution is 2.27. The Morgan fingerprint density at radius 2 is 1.85 bits per heavy atom. The van der Waals surface area contributed by atoms with Crippen LogP contribution in [0.4, 0.5) is 16.2 Å². The van der Waals surface area contributed by atoms with Crippen molar-refractivity contribution in [3.05, 3.63) is 53.1 Å². The summed E-state index contributed by atoms with van der Waals surface area (Å²) in [5.74, 6) is 0.542. The van der Waals surface area contributed by atoms with Crippen molar-refractivity contribution in [2.45, 2.75) is 25.3 Å². The lowest BCUT2D eigenvalue weighted by molar-refractivity contribution is -0.120. The Balaban J connectivity index is 1.55. The van der Waals surface area contributed by atoms with Gasteiger partial charge in [-0.15, -0.1) is 0 Å². The molecule has 1 saturated carbocycles. The maximum absolute atomic E-state index is 12.2. The average molecular weight is 374 g/mol. The molecule has 0 aliphatic heterocycles. The molecular weight excluding hydrogens is 354 g/mol. The predicted octanol–water partition coefficient (Wildman–Crippen LogP) is 3.81. The molecule has 26 heavy (non-hydrogen) atoms. The summed E-state index contributed by atoms with van der Waals surface area (Å²) in [6.45, 7) is 0. The van der Waals surface area contributed by atoms with Gasteiger partial charge in [-0.25, -0.2) is 4.79 Å². The minimum atomic E-state index is -0.412. The number of hydrogen-bond donors (Lipinski definition) is 3. The van der Waals surface area contributed by atoms with Gasteiger partial charge < -0.3 is 20.7 Å². The molecule has 0 atom stereocenters. The lowest BCUT2D eigenvalue weighted by Gasteiger charge is -2.12. The molecular formula is C19H20ClN3O3. The monoisotopic (exact) mass is 373 g/mol. The van der Waals surface area contributed by atoms with Crippen LogP contribution in [0.2, 0.25) is 5.02 Å². The number of anilines is 2. The van der Waals surface area contributed by atoms with E-state index >= 15 is 0 Å². The van der Waals surface area contributed by atoms with Crippen molar-refractivity contribution >= 4 is 34.9 Å². The Hall–Kier alpha value is -2.73. The van der Waals surface area contributed by atoms with Crippen LogP contribution >= 0.6 is 11.6 Å². The van der Waals surface area contributed by atoms with Crippen LogP contribution in [0.15, 0.2) is 42.5 Å². The first-order valence-corrected chi connectivity index (χ1v) is 8.71. The van der Waals surface area contributed by atoms with Gasteiger partial charge >= 0.3 is 6.03 Å². The highest BCUT2D eigenvalue weighted by molar-refractivity contribution is 6.31. The van der Waals surface area contributed by atoms with E-state index in [1.807, 2.05) is 12.1 Å². The summed E-state index contributed by atoms with van der Waals surface area (Å²) in [4.78, 5) is 24.0. The summed E-state index contributed by atoms with van der Waals surface area (Å²) in [6, 6.07) is 12.1. The number of hydrogen-bond acceptors (Lipinski definition) is 3. The van der Waals surface area contributed by atoms with Crippen LogP contribution in [-0.2, 0) is 11.2 Å². The van der Waals surface area contributed by atoms with E-state index in [9.17, 15) is 9.59 Å². The maximum Gasteiger partial charge on any atom is 0.323 e. The van der Waals surface area contributed by atoms with E-state index in [2.05, 4.69) is 16.0 Å². The van der Waals surface area contributed by atoms with Crippen molar-refractivity contribution in [2.75, 3.05) is 17.7 Å². The first-order valence-electron chi connectivity index (χ1n) is 8.33. The number of ether oxygens (including phenoxy) is 1. The summed E-state index contributed by atoms with van der Waals surface area (Å²) in [5.41, 5.74) is 1.99. The van der Waals surface area contributed by atoms with Gasteiger partial charge in [-0.3, -0.25) is 4.79 Å². The summed E-state index contributed by atoms with van der Waals surface area (Å²) >= 11 is 5.95. The third-order valence-corrected chi connectivity index (χ3v) is 4.16. The van der Waals surface area contributed by atoms with Crippen LogP contribution in [0.25, 0.3) is 0 Å². The van der Waals surface area contributed by atoms with Crippen LogP contribution < -0.4 is 20.7 Å². The molecule has 0 unspecified atom stereocenters. The Morgan fingerprint density at radius 3 is 2.50 bits per heavy atom. The Morgan fingerprint density at radius 1 is 1.12 bits per heavy atom. The summed E-state index contributed by atoms with van der Waals surface area (Å²) < 4.78 is 5.20. The molecule has 0 saturated heterocycles. The number of carbonyl (C=O) groups is 2. The van der Waals surface area contributed by atoms with E-state index in [0.717, 1.165) is 18.4 Å². The van der Waals surface area contributed by atoms with Gasteiger partial charge in [0.15, 0.2) is 0 Å². The van der Waals surface area contributed by atoms with Crippen molar-refractivity contribution in [1.29, 1.82) is 0 Å². The van der Waals surface area contributed by atoms with E-state index in [0.29, 0.717) is 34.6 Å². The quantitative estimate of drug-likeness (QED) is 0.720. The van der Waals surface area contributed by atoms with E-state index < -0.39 is 6.03 Å². The SMILES string of the molecule is COc1ccc(Cl)cc1NC(=O)Nc1ccc(CC(=O)NC2CC2)cc1. The predicted molar refractivity (Wildman–Crippen MR) is 102 cm³/mol. The zero-order valence-electron chi connectivity index (χ0n) is 14.3. The number of urea groups is 1. The van der Waals surface area contributed by atoms with Crippen molar-refractivity contribution in [3.63, 3.8) is 0 Å². The van der Waals surface area contributed by atoms with Crippen LogP contribution in [0.3, 0.4) is 0 Å². The number of rotatable bonds is 6. The number of benzene rings is 2. The second kappa shape index (κ2) is 8.10. The first-order chi connectivity index (χ1) is 12.5. The standard InChI is InChI=1S/C19H20ClN3O3/c1-26-17-9-4-13(20)11-16(17)23-19(25)22-15-5-2-12(3-6-15)10-18(24)21-14-7-8-14/h2-6,9,11,14H,7-8,10H2,1H3,(H,21,24)(H2,22,23,25). The molecule has 7 heteroatoms. The van der Waals surface area contributed by atoms with E-state index in [1.54, 1.807) is 30.3 Å². The molecule has 1 fully saturated rings. The van der Waals surface area contributed by atoms with Crippen LogP contribution in [0, 0.1) is 0 Å². The number of halogens is 1. The van der Waals surface area contributed by atoms with E-state index in [1.165, 1.54) is 7.11 Å². The molecule has 0 radical (unpaired) electrons. The minimum absolute atomic E-state index is 0.0269. The van der Waals surface area contributed by atoms with Gasteiger partial charge in [0.2, 0.25) is 5.91 Å². The van der Waals surface area contributed by atoms with Gasteiger partial charge in [-0.1, -0.05) is 23.7 Å². The molecule has 1 aliphatic carbocycles. The zero-order chi connectivity index (χ0) is 18.5. The number of amides is 3. The van der Waals surface area contributed by atoms with Crippen molar-refractivity contribution in [2.24, 2.45) is 0 Å². The number of nitrogens with one attached hydrogen (secondary N) is 3. The highest BCUT2D eigenvalue weighted by Gasteiger charge is 2.23. The summed E-state index contributed by atoms with van der Waals surface area (Å²) in [6.07, 6.45) is 2.48. The fourth-order valence-corrected chi connectivity index (χ4v) is 2.63. The molecule has 3 amide bonds. The number of methoxy groups -OCH3 is 1. The molecule has 6 nitrogen and oxygen atoms in total. The largest absolute Gasteiger partial charge is 0.495 e. The minimum Gasteiger partial charge on any atom is -0.495 e. The van der Waals surface area contributed by atoms with Crippen molar-refractivity contribution in [1.82, 2.24) is 5.32 Å². The molecule has 0 bridgehead atoms. The summed E-state index contributed by atoms with van der Waals surface area (Å²) in [5, 5.41) is 8.88. The molecule has 3 rings (SSSR count). The van der Waals surface area contributed by atoms with Crippen LogP contribution in [-0.4, -0.2) is 25.1 Å². The molecule has 136 valence electrons. The lowest BCUT2D eigenvalue weighted by Crippen LogP contribution is -2.26. The third-order valence-electron chi connectivity index (χ3n) is 3.93. The topological polar surface area (TPSA) is 79.5 Å². The second-order valence-corrected chi connectivity index (χ2v) is 6.58. The lowest BCUT2D eigenvalue weighted by atomic mass is 10.1. The summed E-state index contributed by atoms with van der Waals surface area (Å²) in [7, 11) is 1.52. The fraction of sp³-hybridized carbons (Fsp3) is 0.263. The van der Waals surface area contributed by atoms with Gasteiger partial charge in [-0.05, 0) is 48.7 Å².